The predicted octanol–water partition coefficient (Wildman–Crippen LogP) is 4.20. The molecule has 0 bridgehead atoms. The van der Waals surface area contributed by atoms with Crippen LogP contribution in [0.2, 0.25) is 0 Å². The number of carboxylic acid groups (broad SMARTS) is 1. The Labute approximate surface area is 249 Å². The molecule has 10 nitrogen and oxygen atoms in total. The van der Waals surface area contributed by atoms with E-state index in [0.717, 1.165) is 38.2 Å². The molecule has 3 fully saturated rings. The zero-order chi connectivity index (χ0) is 30.1. The van der Waals surface area contributed by atoms with E-state index in [1.54, 1.807) is 21.6 Å². The summed E-state index contributed by atoms with van der Waals surface area (Å²) in [6, 6.07) is 3.90. The van der Waals surface area contributed by atoms with Crippen molar-refractivity contribution in [1.29, 1.82) is 0 Å². The smallest absolute Gasteiger partial charge is 0.300 e. The molecule has 3 saturated heterocycles. The number of pyridine rings is 1. The average Bonchev–Trinajstić information content (AvgIpc) is 3.44. The Hall–Kier alpha value is -2.80. The molecule has 3 aliphatic heterocycles. The highest BCUT2D eigenvalue weighted by Gasteiger charge is 2.39. The average molecular weight is 602 g/mol. The van der Waals surface area contributed by atoms with E-state index >= 15 is 0 Å². The SMILES string of the molecule is CC(=O)O.Cc1ccc2nc(NC3CC(C)(C)NC(C)(C)C3)c(/C=C3/SC(=S)N(CC4CCCO4)C3=O)c(=O)n2c1. The summed E-state index contributed by atoms with van der Waals surface area (Å²) < 4.78 is 7.76. The number of thiocarbonyl (C=S) groups is 1. The van der Waals surface area contributed by atoms with Gasteiger partial charge in [0, 0.05) is 36.8 Å². The van der Waals surface area contributed by atoms with Gasteiger partial charge in [0.1, 0.15) is 15.8 Å². The quantitative estimate of drug-likeness (QED) is 0.339. The summed E-state index contributed by atoms with van der Waals surface area (Å²) in [5, 5.41) is 14.7. The number of thioether (sulfide) groups is 1. The Morgan fingerprint density at radius 1 is 1.27 bits per heavy atom. The third-order valence-corrected chi connectivity index (χ3v) is 8.47. The molecule has 41 heavy (non-hydrogen) atoms. The van der Waals surface area contributed by atoms with E-state index < -0.39 is 5.97 Å². The topological polar surface area (TPSA) is 125 Å². The molecular weight excluding hydrogens is 562 g/mol. The number of hydrogen-bond donors (Lipinski definition) is 3. The molecule has 1 amide bonds. The largest absolute Gasteiger partial charge is 0.481 e. The van der Waals surface area contributed by atoms with Gasteiger partial charge in [0.2, 0.25) is 0 Å². The number of hydrogen-bond acceptors (Lipinski definition) is 9. The van der Waals surface area contributed by atoms with E-state index in [2.05, 4.69) is 38.3 Å². The first-order valence-electron chi connectivity index (χ1n) is 13.8. The fraction of sp³-hybridized carbons (Fsp3) is 0.552. The number of rotatable bonds is 5. The molecule has 0 aromatic carbocycles. The third-order valence-electron chi connectivity index (χ3n) is 7.10. The first-order valence-corrected chi connectivity index (χ1v) is 15.0. The number of carboxylic acids is 1. The molecule has 2 aromatic rings. The predicted molar refractivity (Wildman–Crippen MR) is 166 cm³/mol. The summed E-state index contributed by atoms with van der Waals surface area (Å²) in [5.74, 6) is -0.522. The van der Waals surface area contributed by atoms with Gasteiger partial charge in [-0.05, 0) is 78.0 Å². The Kier molecular flexibility index (Phi) is 9.27. The van der Waals surface area contributed by atoms with Crippen molar-refractivity contribution in [3.05, 3.63) is 44.7 Å². The molecule has 1 atom stereocenters. The van der Waals surface area contributed by atoms with Crippen LogP contribution in [0.4, 0.5) is 5.82 Å². The van der Waals surface area contributed by atoms with Crippen LogP contribution in [0.25, 0.3) is 11.7 Å². The molecule has 0 saturated carbocycles. The normalized spacial score (nSPS) is 23.1. The van der Waals surface area contributed by atoms with E-state index in [1.807, 2.05) is 19.1 Å². The maximum Gasteiger partial charge on any atom is 0.300 e. The molecule has 222 valence electrons. The van der Waals surface area contributed by atoms with Crippen LogP contribution in [0, 0.1) is 6.92 Å². The van der Waals surface area contributed by atoms with Gasteiger partial charge >= 0.3 is 0 Å². The molecule has 0 spiro atoms. The van der Waals surface area contributed by atoms with Gasteiger partial charge < -0.3 is 20.5 Å². The van der Waals surface area contributed by atoms with Crippen molar-refractivity contribution in [2.75, 3.05) is 18.5 Å². The van der Waals surface area contributed by atoms with E-state index in [4.69, 9.17) is 31.8 Å². The number of ether oxygens (including phenoxy) is 1. The fourth-order valence-corrected chi connectivity index (χ4v) is 7.15. The number of nitrogens with one attached hydrogen (secondary N) is 2. The molecule has 5 heterocycles. The summed E-state index contributed by atoms with van der Waals surface area (Å²) >= 11 is 6.77. The second-order valence-corrected chi connectivity index (χ2v) is 13.9. The van der Waals surface area contributed by atoms with Gasteiger partial charge in [-0.2, -0.15) is 0 Å². The summed E-state index contributed by atoms with van der Waals surface area (Å²) in [7, 11) is 0. The Morgan fingerprint density at radius 3 is 2.54 bits per heavy atom. The number of nitrogens with zero attached hydrogens (tertiary/aromatic N) is 3. The summed E-state index contributed by atoms with van der Waals surface area (Å²) in [6.45, 7) is 12.9. The van der Waals surface area contributed by atoms with Crippen molar-refractivity contribution in [3.8, 4) is 0 Å². The number of carbonyl (C=O) groups excluding carboxylic acids is 1. The highest BCUT2D eigenvalue weighted by molar-refractivity contribution is 8.26. The van der Waals surface area contributed by atoms with Gasteiger partial charge in [-0.3, -0.25) is 23.7 Å². The molecule has 5 rings (SSSR count). The van der Waals surface area contributed by atoms with E-state index in [9.17, 15) is 9.59 Å². The minimum Gasteiger partial charge on any atom is -0.481 e. The lowest BCUT2D eigenvalue weighted by atomic mass is 9.79. The zero-order valence-corrected chi connectivity index (χ0v) is 26.1. The van der Waals surface area contributed by atoms with E-state index in [-0.39, 0.29) is 34.7 Å². The van der Waals surface area contributed by atoms with Gasteiger partial charge in [0.15, 0.2) is 0 Å². The lowest BCUT2D eigenvalue weighted by Gasteiger charge is -2.46. The van der Waals surface area contributed by atoms with Crippen molar-refractivity contribution < 1.29 is 19.4 Å². The van der Waals surface area contributed by atoms with Crippen LogP contribution in [0.5, 0.6) is 0 Å². The van der Waals surface area contributed by atoms with Crippen molar-refractivity contribution >= 4 is 57.7 Å². The molecule has 0 radical (unpaired) electrons. The van der Waals surface area contributed by atoms with E-state index in [1.165, 1.54) is 11.8 Å². The van der Waals surface area contributed by atoms with Crippen molar-refractivity contribution in [2.45, 2.75) is 90.4 Å². The first-order chi connectivity index (χ1) is 19.1. The fourth-order valence-electron chi connectivity index (χ4n) is 5.90. The number of aryl methyl sites for hydroxylation is 1. The van der Waals surface area contributed by atoms with Gasteiger partial charge in [-0.15, -0.1) is 0 Å². The van der Waals surface area contributed by atoms with Crippen LogP contribution in [0.15, 0.2) is 28.0 Å². The van der Waals surface area contributed by atoms with Crippen LogP contribution < -0.4 is 16.2 Å². The number of anilines is 1. The number of fused-ring (bicyclic) bond motifs is 1. The number of aliphatic carboxylic acids is 1. The summed E-state index contributed by atoms with van der Waals surface area (Å²) in [5.41, 5.74) is 1.52. The Morgan fingerprint density at radius 2 is 1.93 bits per heavy atom. The Balaban J connectivity index is 0.000000909. The number of carbonyl (C=O) groups is 2. The molecular formula is C29H39N5O5S2. The van der Waals surface area contributed by atoms with Crippen LogP contribution >= 0.6 is 24.0 Å². The minimum atomic E-state index is -0.833. The van der Waals surface area contributed by atoms with Crippen LogP contribution in [-0.4, -0.2) is 72.0 Å². The Bertz CT molecular complexity index is 1430. The highest BCUT2D eigenvalue weighted by Crippen LogP contribution is 2.35. The first kappa shape index (κ1) is 31.1. The second-order valence-electron chi connectivity index (χ2n) is 12.2. The molecule has 0 aliphatic carbocycles. The number of amides is 1. The lowest BCUT2D eigenvalue weighted by molar-refractivity contribution is -0.134. The number of piperidine rings is 1. The van der Waals surface area contributed by atoms with Crippen LogP contribution in [0.1, 0.15) is 71.4 Å². The lowest BCUT2D eigenvalue weighted by Crippen LogP contribution is -2.60. The number of aromatic nitrogens is 2. The zero-order valence-electron chi connectivity index (χ0n) is 24.4. The maximum absolute atomic E-state index is 13.8. The molecule has 1 unspecified atom stereocenters. The van der Waals surface area contributed by atoms with Crippen LogP contribution in [0.3, 0.4) is 0 Å². The third kappa shape index (κ3) is 7.73. The minimum absolute atomic E-state index is 0.00151. The summed E-state index contributed by atoms with van der Waals surface area (Å²) in [6.07, 6.45) is 7.10. The van der Waals surface area contributed by atoms with Crippen molar-refractivity contribution in [2.24, 2.45) is 0 Å². The molecule has 2 aromatic heterocycles. The molecule has 12 heteroatoms. The van der Waals surface area contributed by atoms with Gasteiger partial charge in [0.05, 0.1) is 23.1 Å². The van der Waals surface area contributed by atoms with Gasteiger partial charge in [-0.1, -0.05) is 30.0 Å². The monoisotopic (exact) mass is 601 g/mol. The second kappa shape index (κ2) is 12.2. The highest BCUT2D eigenvalue weighted by atomic mass is 32.2. The summed E-state index contributed by atoms with van der Waals surface area (Å²) in [4.78, 5) is 43.0. The standard InChI is InChI=1S/C27H35N5O3S2.C2H4O2/c1-16-8-9-21-29-22(28-17-12-26(2,3)30-27(4,5)13-17)19(23(33)31(21)14-16)11-20-24(34)32(25(36)37-20)15-18-7-6-10-35-18;1-2(3)4/h8-9,11,14,17-18,28,30H,6-7,10,12-13,15H2,1-5H3;1H3,(H,3,4)/b20-11+;. The van der Waals surface area contributed by atoms with E-state index in [0.29, 0.717) is 39.4 Å². The van der Waals surface area contributed by atoms with Gasteiger partial charge in [-0.25, -0.2) is 4.98 Å². The molecule has 3 aliphatic rings. The molecule has 3 N–H and O–H groups in total. The van der Waals surface area contributed by atoms with Gasteiger partial charge in [0.25, 0.3) is 17.4 Å². The van der Waals surface area contributed by atoms with Crippen LogP contribution in [-0.2, 0) is 14.3 Å². The van der Waals surface area contributed by atoms with Crippen molar-refractivity contribution in [1.82, 2.24) is 19.6 Å². The maximum atomic E-state index is 13.8. The van der Waals surface area contributed by atoms with Crippen molar-refractivity contribution in [3.63, 3.8) is 0 Å².